The van der Waals surface area contributed by atoms with Crippen molar-refractivity contribution in [1.82, 2.24) is 9.69 Å². The first-order valence-corrected chi connectivity index (χ1v) is 12.0. The predicted octanol–water partition coefficient (Wildman–Crippen LogP) is 3.44. The first-order valence-electron chi connectivity index (χ1n) is 11.2. The van der Waals surface area contributed by atoms with Crippen molar-refractivity contribution in [3.8, 4) is 5.75 Å². The van der Waals surface area contributed by atoms with E-state index in [9.17, 15) is 14.4 Å². The van der Waals surface area contributed by atoms with Crippen LogP contribution in [0.2, 0.25) is 0 Å². The third kappa shape index (κ3) is 5.46. The van der Waals surface area contributed by atoms with E-state index in [2.05, 4.69) is 9.69 Å². The van der Waals surface area contributed by atoms with Gasteiger partial charge in [-0.3, -0.25) is 19.3 Å². The number of furan rings is 1. The van der Waals surface area contributed by atoms with Gasteiger partial charge in [-0.25, -0.2) is 0 Å². The summed E-state index contributed by atoms with van der Waals surface area (Å²) in [5.74, 6) is -0.763. The number of nitrogens with one attached hydrogen (secondary N) is 1. The Labute approximate surface area is 217 Å². The lowest BCUT2D eigenvalue weighted by Crippen LogP contribution is -2.43. The summed E-state index contributed by atoms with van der Waals surface area (Å²) in [4.78, 5) is 40.7. The van der Waals surface area contributed by atoms with E-state index >= 15 is 0 Å². The number of anilines is 2. The van der Waals surface area contributed by atoms with Crippen LogP contribution >= 0.6 is 11.5 Å². The van der Waals surface area contributed by atoms with Gasteiger partial charge in [0.2, 0.25) is 0 Å². The number of aromatic nitrogens is 1. The van der Waals surface area contributed by atoms with Gasteiger partial charge in [-0.15, -0.1) is 0 Å². The second-order valence-corrected chi connectivity index (χ2v) is 8.84. The topological polar surface area (TPSA) is 154 Å². The van der Waals surface area contributed by atoms with Crippen LogP contribution in [0.3, 0.4) is 0 Å². The molecule has 190 valence electrons. The Bertz CT molecular complexity index is 1430. The van der Waals surface area contributed by atoms with Crippen LogP contribution in [0.4, 0.5) is 11.4 Å². The highest BCUT2D eigenvalue weighted by Gasteiger charge is 2.38. The van der Waals surface area contributed by atoms with Crippen molar-refractivity contribution in [2.24, 2.45) is 5.73 Å². The molecule has 0 aliphatic carbocycles. The van der Waals surface area contributed by atoms with Crippen LogP contribution in [0.15, 0.2) is 71.1 Å². The number of carbonyl (C=O) groups excluding carboxylic acids is 3. The van der Waals surface area contributed by atoms with Gasteiger partial charge in [-0.05, 0) is 48.3 Å². The minimum atomic E-state index is -1.23. The maximum absolute atomic E-state index is 14.0. The first-order chi connectivity index (χ1) is 17.8. The van der Waals surface area contributed by atoms with E-state index < -0.39 is 23.8 Å². The smallest absolute Gasteiger partial charge is 0.273 e. The molecule has 4 rings (SSSR count). The standard InChI is InChI=1S/C26H25N5O5S/c1-15-11-12-19(36-15)22(25(33)29-14-16-7-4-3-5-8-16)31(17-9-6-10-18(13-17)35-2)26(34)23-20(27)21(24(28)32)30-37-23/h3-13,22H,14,27H2,1-2H3,(H2,28,32)(H,29,33)/t22-/m0/s1. The molecule has 2 aromatic carbocycles. The summed E-state index contributed by atoms with van der Waals surface area (Å²) >= 11 is 0.725. The highest BCUT2D eigenvalue weighted by Crippen LogP contribution is 2.35. The Balaban J connectivity index is 1.82. The van der Waals surface area contributed by atoms with E-state index in [1.165, 1.54) is 12.0 Å². The van der Waals surface area contributed by atoms with Gasteiger partial charge in [-0.1, -0.05) is 36.4 Å². The Morgan fingerprint density at radius 1 is 1.11 bits per heavy atom. The maximum atomic E-state index is 14.0. The van der Waals surface area contributed by atoms with Gasteiger partial charge in [0.25, 0.3) is 17.7 Å². The molecule has 11 heteroatoms. The molecule has 5 N–H and O–H groups in total. The van der Waals surface area contributed by atoms with Crippen LogP contribution in [-0.4, -0.2) is 29.2 Å². The average molecular weight is 520 g/mol. The molecule has 0 fully saturated rings. The monoisotopic (exact) mass is 519 g/mol. The van der Waals surface area contributed by atoms with E-state index in [0.717, 1.165) is 17.1 Å². The number of rotatable bonds is 9. The third-order valence-corrected chi connectivity index (χ3v) is 6.40. The number of carbonyl (C=O) groups is 3. The second kappa shape index (κ2) is 11.0. The Kier molecular flexibility index (Phi) is 7.54. The molecule has 0 bridgehead atoms. The number of nitrogens with two attached hydrogens (primary N) is 2. The fourth-order valence-electron chi connectivity index (χ4n) is 3.74. The number of benzene rings is 2. The van der Waals surface area contributed by atoms with Gasteiger partial charge in [-0.2, -0.15) is 4.37 Å². The van der Waals surface area contributed by atoms with Gasteiger partial charge < -0.3 is 25.9 Å². The molecular formula is C26H25N5O5S. The van der Waals surface area contributed by atoms with Crippen LogP contribution in [0.1, 0.15) is 43.3 Å². The predicted molar refractivity (Wildman–Crippen MR) is 139 cm³/mol. The van der Waals surface area contributed by atoms with Gasteiger partial charge in [0, 0.05) is 18.3 Å². The molecule has 0 saturated carbocycles. The van der Waals surface area contributed by atoms with Crippen molar-refractivity contribution >= 4 is 40.6 Å². The largest absolute Gasteiger partial charge is 0.497 e. The van der Waals surface area contributed by atoms with Crippen molar-refractivity contribution in [1.29, 1.82) is 0 Å². The number of methoxy groups -OCH3 is 1. The number of aryl methyl sites for hydroxylation is 1. The summed E-state index contributed by atoms with van der Waals surface area (Å²) in [6.45, 7) is 1.96. The van der Waals surface area contributed by atoms with Gasteiger partial charge in [0.15, 0.2) is 11.7 Å². The van der Waals surface area contributed by atoms with Crippen molar-refractivity contribution in [2.45, 2.75) is 19.5 Å². The zero-order valence-corrected chi connectivity index (χ0v) is 21.0. The van der Waals surface area contributed by atoms with Gasteiger partial charge >= 0.3 is 0 Å². The lowest BCUT2D eigenvalue weighted by atomic mass is 10.1. The number of hydrogen-bond acceptors (Lipinski definition) is 8. The van der Waals surface area contributed by atoms with E-state index in [-0.39, 0.29) is 28.6 Å². The summed E-state index contributed by atoms with van der Waals surface area (Å²) in [5, 5.41) is 2.89. The first kappa shape index (κ1) is 25.5. The molecule has 2 aromatic heterocycles. The Hall–Kier alpha value is -4.64. The molecule has 37 heavy (non-hydrogen) atoms. The van der Waals surface area contributed by atoms with Crippen molar-refractivity contribution < 1.29 is 23.5 Å². The lowest BCUT2D eigenvalue weighted by molar-refractivity contribution is -0.123. The lowest BCUT2D eigenvalue weighted by Gasteiger charge is -2.30. The molecule has 0 aliphatic heterocycles. The molecule has 1 atom stereocenters. The number of nitrogen functional groups attached to an aromatic ring is 1. The number of hydrogen-bond donors (Lipinski definition) is 3. The maximum Gasteiger partial charge on any atom is 0.273 e. The Morgan fingerprint density at radius 3 is 2.49 bits per heavy atom. The van der Waals surface area contributed by atoms with Crippen molar-refractivity contribution in [3.63, 3.8) is 0 Å². The van der Waals surface area contributed by atoms with E-state index in [0.29, 0.717) is 17.2 Å². The molecule has 4 aromatic rings. The molecule has 3 amide bonds. The minimum absolute atomic E-state index is 0.0410. The second-order valence-electron chi connectivity index (χ2n) is 8.07. The van der Waals surface area contributed by atoms with Crippen LogP contribution in [0.25, 0.3) is 0 Å². The van der Waals surface area contributed by atoms with E-state index in [1.54, 1.807) is 43.3 Å². The summed E-state index contributed by atoms with van der Waals surface area (Å²) in [5.41, 5.74) is 12.3. The van der Waals surface area contributed by atoms with Gasteiger partial charge in [0.05, 0.1) is 12.8 Å². The van der Waals surface area contributed by atoms with Crippen molar-refractivity contribution in [3.05, 3.63) is 94.4 Å². The number of amides is 3. The molecule has 10 nitrogen and oxygen atoms in total. The molecule has 0 unspecified atom stereocenters. The Morgan fingerprint density at radius 2 is 1.86 bits per heavy atom. The summed E-state index contributed by atoms with van der Waals surface area (Å²) in [6, 6.07) is 18.1. The molecule has 0 aliphatic rings. The molecule has 0 spiro atoms. The van der Waals surface area contributed by atoms with Crippen LogP contribution < -0.4 is 26.4 Å². The van der Waals surface area contributed by atoms with E-state index in [4.69, 9.17) is 20.6 Å². The summed E-state index contributed by atoms with van der Waals surface area (Å²) in [7, 11) is 1.49. The fourth-order valence-corrected chi connectivity index (χ4v) is 4.48. The normalized spacial score (nSPS) is 11.5. The van der Waals surface area contributed by atoms with Gasteiger partial charge in [0.1, 0.15) is 22.1 Å². The SMILES string of the molecule is COc1cccc(N(C(=O)c2snc(C(N)=O)c2N)[C@H](C(=O)NCc2ccccc2)c2ccc(C)o2)c1. The fraction of sp³-hybridized carbons (Fsp3) is 0.154. The molecular weight excluding hydrogens is 494 g/mol. The quantitative estimate of drug-likeness (QED) is 0.306. The molecule has 0 radical (unpaired) electrons. The number of primary amides is 1. The van der Waals surface area contributed by atoms with Crippen LogP contribution in [-0.2, 0) is 11.3 Å². The zero-order valence-electron chi connectivity index (χ0n) is 20.1. The van der Waals surface area contributed by atoms with Crippen LogP contribution in [0.5, 0.6) is 5.75 Å². The minimum Gasteiger partial charge on any atom is -0.497 e. The highest BCUT2D eigenvalue weighted by atomic mass is 32.1. The molecule has 0 saturated heterocycles. The summed E-state index contributed by atoms with van der Waals surface area (Å²) in [6.07, 6.45) is 0. The average Bonchev–Trinajstić information content (AvgIpc) is 3.51. The summed E-state index contributed by atoms with van der Waals surface area (Å²) < 4.78 is 15.1. The highest BCUT2D eigenvalue weighted by molar-refractivity contribution is 7.09. The van der Waals surface area contributed by atoms with Crippen molar-refractivity contribution in [2.75, 3.05) is 17.7 Å². The number of nitrogens with zero attached hydrogens (tertiary/aromatic N) is 2. The van der Waals surface area contributed by atoms with Crippen LogP contribution in [0, 0.1) is 6.92 Å². The number of ether oxygens (including phenoxy) is 1. The zero-order chi connectivity index (χ0) is 26.5. The third-order valence-electron chi connectivity index (χ3n) is 5.55. The van der Waals surface area contributed by atoms with E-state index in [1.807, 2.05) is 30.3 Å². The molecule has 2 heterocycles.